The van der Waals surface area contributed by atoms with Crippen LogP contribution in [0, 0.1) is 6.92 Å². The Morgan fingerprint density at radius 2 is 2.09 bits per heavy atom. The van der Waals surface area contributed by atoms with E-state index in [0.717, 1.165) is 35.0 Å². The van der Waals surface area contributed by atoms with Crippen LogP contribution in [0.4, 0.5) is 11.5 Å². The van der Waals surface area contributed by atoms with Crippen molar-refractivity contribution in [3.05, 3.63) is 59.3 Å². The number of rotatable bonds is 5. The van der Waals surface area contributed by atoms with Crippen LogP contribution in [0.5, 0.6) is 0 Å². The molecule has 10 heteroatoms. The molecule has 0 aliphatic carbocycles. The zero-order valence-corrected chi connectivity index (χ0v) is 20.2. The summed E-state index contributed by atoms with van der Waals surface area (Å²) in [5, 5.41) is 12.2. The van der Waals surface area contributed by atoms with Gasteiger partial charge in [0.1, 0.15) is 11.2 Å². The molecule has 2 aliphatic rings. The highest BCUT2D eigenvalue weighted by atomic mass is 127. The van der Waals surface area contributed by atoms with E-state index in [9.17, 15) is 9.90 Å². The number of carbonyl (C=O) groups is 1. The number of aryl methyl sites for hydroxylation is 1. The fraction of sp³-hybridized carbons (Fsp3) is 0.273. The Balaban J connectivity index is 1.58. The zero-order chi connectivity index (χ0) is 22.2. The fourth-order valence-corrected chi connectivity index (χ4v) is 4.95. The normalized spacial score (nSPS) is 18.9. The number of anilines is 2. The first-order valence-corrected chi connectivity index (χ1v) is 13.5. The SMILES string of the molecule is Cc1cccc(C2C=C(C(=O)O)N(c3cc(N4CCOCC4)c4oc(SI)cc4n3)N2)c1. The average molecular weight is 564 g/mol. The number of halogens is 1. The van der Waals surface area contributed by atoms with E-state index in [0.29, 0.717) is 30.1 Å². The molecule has 0 saturated carbocycles. The van der Waals surface area contributed by atoms with E-state index in [-0.39, 0.29) is 11.7 Å². The number of hydrogen-bond acceptors (Lipinski definition) is 8. The van der Waals surface area contributed by atoms with Crippen LogP contribution in [0.2, 0.25) is 0 Å². The smallest absolute Gasteiger partial charge is 0.353 e. The van der Waals surface area contributed by atoms with Gasteiger partial charge in [-0.05, 0) is 27.5 Å². The van der Waals surface area contributed by atoms with Gasteiger partial charge in [0, 0.05) is 46.4 Å². The number of morpholine rings is 1. The second kappa shape index (κ2) is 8.93. The lowest BCUT2D eigenvalue weighted by atomic mass is 10.0. The molecule has 0 bridgehead atoms. The molecule has 4 heterocycles. The number of aliphatic carboxylic acids is 1. The van der Waals surface area contributed by atoms with Gasteiger partial charge >= 0.3 is 5.97 Å². The number of aromatic nitrogens is 1. The molecule has 0 amide bonds. The lowest BCUT2D eigenvalue weighted by Crippen LogP contribution is -2.38. The van der Waals surface area contributed by atoms with Gasteiger partial charge < -0.3 is 19.2 Å². The van der Waals surface area contributed by atoms with Gasteiger partial charge in [0.25, 0.3) is 0 Å². The molecular weight excluding hydrogens is 543 g/mol. The summed E-state index contributed by atoms with van der Waals surface area (Å²) in [5.74, 6) is -0.508. The van der Waals surface area contributed by atoms with Crippen molar-refractivity contribution in [1.82, 2.24) is 10.4 Å². The molecule has 2 aliphatic heterocycles. The van der Waals surface area contributed by atoms with Crippen molar-refractivity contribution >= 4 is 58.7 Å². The van der Waals surface area contributed by atoms with E-state index in [1.165, 1.54) is 8.93 Å². The molecule has 8 nitrogen and oxygen atoms in total. The molecule has 32 heavy (non-hydrogen) atoms. The van der Waals surface area contributed by atoms with Crippen LogP contribution in [0.25, 0.3) is 11.1 Å². The van der Waals surface area contributed by atoms with Crippen LogP contribution in [0.3, 0.4) is 0 Å². The number of furan rings is 1. The van der Waals surface area contributed by atoms with Crippen LogP contribution >= 0.6 is 30.1 Å². The van der Waals surface area contributed by atoms with Crippen LogP contribution in [0.15, 0.2) is 57.7 Å². The minimum absolute atomic E-state index is 0.142. The largest absolute Gasteiger partial charge is 0.477 e. The first kappa shape index (κ1) is 21.6. The predicted octanol–water partition coefficient (Wildman–Crippen LogP) is 4.45. The highest BCUT2D eigenvalue weighted by molar-refractivity contribution is 14.2. The summed E-state index contributed by atoms with van der Waals surface area (Å²) >= 11 is 2.18. The summed E-state index contributed by atoms with van der Waals surface area (Å²) in [6.45, 7) is 4.74. The quantitative estimate of drug-likeness (QED) is 0.437. The Hall–Kier alpha value is -2.28. The fourth-order valence-electron chi connectivity index (χ4n) is 4.03. The zero-order valence-electron chi connectivity index (χ0n) is 17.2. The van der Waals surface area contributed by atoms with Crippen molar-refractivity contribution in [2.45, 2.75) is 18.1 Å². The lowest BCUT2D eigenvalue weighted by molar-refractivity contribution is -0.132. The second-order valence-electron chi connectivity index (χ2n) is 7.67. The summed E-state index contributed by atoms with van der Waals surface area (Å²) in [6.07, 6.45) is 1.72. The number of hydrogen-bond donors (Lipinski definition) is 2. The van der Waals surface area contributed by atoms with Gasteiger partial charge in [-0.1, -0.05) is 29.8 Å². The summed E-state index contributed by atoms with van der Waals surface area (Å²) < 4.78 is 11.5. The first-order chi connectivity index (χ1) is 15.5. The number of fused-ring (bicyclic) bond motifs is 1. The second-order valence-corrected chi connectivity index (χ2v) is 9.55. The molecule has 1 atom stereocenters. The predicted molar refractivity (Wildman–Crippen MR) is 132 cm³/mol. The topological polar surface area (TPSA) is 91.1 Å². The van der Waals surface area contributed by atoms with E-state index >= 15 is 0 Å². The van der Waals surface area contributed by atoms with Crippen molar-refractivity contribution in [2.24, 2.45) is 0 Å². The number of ether oxygens (including phenoxy) is 1. The van der Waals surface area contributed by atoms with Gasteiger partial charge in [0.2, 0.25) is 0 Å². The maximum Gasteiger partial charge on any atom is 0.353 e. The lowest BCUT2D eigenvalue weighted by Gasteiger charge is -2.30. The van der Waals surface area contributed by atoms with E-state index < -0.39 is 5.97 Å². The molecular formula is C22H21IN4O4S. The van der Waals surface area contributed by atoms with Crippen LogP contribution < -0.4 is 15.3 Å². The maximum absolute atomic E-state index is 12.1. The Morgan fingerprint density at radius 3 is 2.81 bits per heavy atom. The number of pyridine rings is 1. The van der Waals surface area contributed by atoms with Gasteiger partial charge in [-0.25, -0.2) is 15.2 Å². The number of benzene rings is 1. The summed E-state index contributed by atoms with van der Waals surface area (Å²) in [5.41, 5.74) is 7.84. The highest BCUT2D eigenvalue weighted by Crippen LogP contribution is 2.39. The summed E-state index contributed by atoms with van der Waals surface area (Å²) in [7, 11) is 1.48. The summed E-state index contributed by atoms with van der Waals surface area (Å²) in [6, 6.07) is 11.5. The average Bonchev–Trinajstić information content (AvgIpc) is 3.43. The van der Waals surface area contributed by atoms with Gasteiger partial charge in [-0.15, -0.1) is 0 Å². The summed E-state index contributed by atoms with van der Waals surface area (Å²) in [4.78, 5) is 19.0. The number of carboxylic acids is 1. The number of carboxylic acid groups (broad SMARTS) is 1. The van der Waals surface area contributed by atoms with E-state index in [1.54, 1.807) is 11.1 Å². The van der Waals surface area contributed by atoms with Crippen molar-refractivity contribution in [1.29, 1.82) is 0 Å². The van der Waals surface area contributed by atoms with Crippen LogP contribution in [-0.4, -0.2) is 42.4 Å². The third-order valence-electron chi connectivity index (χ3n) is 5.53. The molecule has 1 saturated heterocycles. The Morgan fingerprint density at radius 1 is 1.28 bits per heavy atom. The van der Waals surface area contributed by atoms with Gasteiger partial charge in [0.15, 0.2) is 16.5 Å². The van der Waals surface area contributed by atoms with Crippen LogP contribution in [-0.2, 0) is 9.53 Å². The van der Waals surface area contributed by atoms with Crippen LogP contribution in [0.1, 0.15) is 17.2 Å². The highest BCUT2D eigenvalue weighted by Gasteiger charge is 2.32. The minimum atomic E-state index is -1.02. The molecule has 2 N–H and O–H groups in total. The van der Waals surface area contributed by atoms with E-state index in [4.69, 9.17) is 14.1 Å². The molecule has 1 aromatic carbocycles. The number of nitrogens with one attached hydrogen (secondary N) is 1. The monoisotopic (exact) mass is 564 g/mol. The van der Waals surface area contributed by atoms with E-state index in [2.05, 4.69) is 31.5 Å². The maximum atomic E-state index is 12.1. The molecule has 1 unspecified atom stereocenters. The van der Waals surface area contributed by atoms with Crippen molar-refractivity contribution in [3.8, 4) is 0 Å². The molecule has 3 aromatic rings. The molecule has 2 aromatic heterocycles. The Labute approximate surface area is 201 Å². The van der Waals surface area contributed by atoms with Crippen molar-refractivity contribution in [3.63, 3.8) is 0 Å². The number of hydrazine groups is 1. The Kier molecular flexibility index (Phi) is 6.01. The third-order valence-corrected chi connectivity index (χ3v) is 7.19. The molecule has 1 fully saturated rings. The molecule has 0 radical (unpaired) electrons. The molecule has 5 rings (SSSR count). The first-order valence-electron chi connectivity index (χ1n) is 10.2. The minimum Gasteiger partial charge on any atom is -0.477 e. The molecule has 0 spiro atoms. The van der Waals surface area contributed by atoms with Gasteiger partial charge in [0.05, 0.1) is 24.9 Å². The van der Waals surface area contributed by atoms with Gasteiger partial charge in [-0.3, -0.25) is 5.01 Å². The standard InChI is InChI=1S/C22H21IN4O4S/c1-13-3-2-4-14(9-13)15-10-18(22(28)29)27(25-15)19-12-17(26-5-7-30-8-6-26)21-16(24-19)11-20(31-21)32-23/h2-4,9-12,15,25H,5-8H2,1H3,(H,28,29). The molecule has 166 valence electrons. The van der Waals surface area contributed by atoms with Crippen molar-refractivity contribution < 1.29 is 19.1 Å². The van der Waals surface area contributed by atoms with E-state index in [1.807, 2.05) is 43.3 Å². The number of nitrogens with zero attached hydrogens (tertiary/aromatic N) is 3. The van der Waals surface area contributed by atoms with Gasteiger partial charge in [-0.2, -0.15) is 0 Å². The third kappa shape index (κ3) is 4.07. The van der Waals surface area contributed by atoms with Crippen molar-refractivity contribution in [2.75, 3.05) is 36.2 Å². The Bertz CT molecular complexity index is 1210.